The van der Waals surface area contributed by atoms with Crippen molar-refractivity contribution in [3.63, 3.8) is 0 Å². The molecular formula is C18H21NO. The van der Waals surface area contributed by atoms with Crippen LogP contribution in [0, 0.1) is 0 Å². The van der Waals surface area contributed by atoms with Crippen LogP contribution in [-0.4, -0.2) is 6.54 Å². The number of hydrogen-bond donors (Lipinski definition) is 1. The van der Waals surface area contributed by atoms with Crippen molar-refractivity contribution in [3.05, 3.63) is 65.7 Å². The zero-order chi connectivity index (χ0) is 13.6. The summed E-state index contributed by atoms with van der Waals surface area (Å²) in [7, 11) is 0. The molecule has 0 aromatic heterocycles. The van der Waals surface area contributed by atoms with E-state index >= 15 is 0 Å². The van der Waals surface area contributed by atoms with Gasteiger partial charge >= 0.3 is 0 Å². The largest absolute Gasteiger partial charge is 0.489 e. The first kappa shape index (κ1) is 13.2. The maximum absolute atomic E-state index is 5.90. The van der Waals surface area contributed by atoms with Gasteiger partial charge in [0.05, 0.1) is 0 Å². The molecule has 0 radical (unpaired) electrons. The molecule has 20 heavy (non-hydrogen) atoms. The summed E-state index contributed by atoms with van der Waals surface area (Å²) in [5, 5.41) is 3.58. The lowest BCUT2D eigenvalue weighted by molar-refractivity contribution is 0.305. The van der Waals surface area contributed by atoms with E-state index in [4.69, 9.17) is 4.74 Å². The van der Waals surface area contributed by atoms with Crippen molar-refractivity contribution in [2.45, 2.75) is 31.9 Å². The van der Waals surface area contributed by atoms with Crippen LogP contribution in [0.4, 0.5) is 0 Å². The molecule has 2 aromatic carbocycles. The zero-order valence-corrected chi connectivity index (χ0v) is 11.7. The van der Waals surface area contributed by atoms with Crippen LogP contribution in [0.5, 0.6) is 5.75 Å². The van der Waals surface area contributed by atoms with Gasteiger partial charge in [0, 0.05) is 6.04 Å². The van der Waals surface area contributed by atoms with Gasteiger partial charge in [-0.25, -0.2) is 0 Å². The van der Waals surface area contributed by atoms with Crippen molar-refractivity contribution in [3.8, 4) is 5.75 Å². The standard InChI is InChI=1S/C18H21NO/c1-2-7-15(8-3-1)14-20-17-10-6-9-16(13-17)18-11-4-5-12-19-18/h1-3,6-10,13,18-19H,4-5,11-12,14H2. The Balaban J connectivity index is 1.65. The molecule has 0 saturated carbocycles. The van der Waals surface area contributed by atoms with Crippen molar-refractivity contribution < 1.29 is 4.74 Å². The predicted molar refractivity (Wildman–Crippen MR) is 81.8 cm³/mol. The van der Waals surface area contributed by atoms with Crippen LogP contribution in [0.1, 0.15) is 36.4 Å². The maximum atomic E-state index is 5.90. The zero-order valence-electron chi connectivity index (χ0n) is 11.7. The minimum Gasteiger partial charge on any atom is -0.489 e. The first-order valence-corrected chi connectivity index (χ1v) is 7.42. The highest BCUT2D eigenvalue weighted by Gasteiger charge is 2.14. The van der Waals surface area contributed by atoms with Crippen LogP contribution >= 0.6 is 0 Å². The summed E-state index contributed by atoms with van der Waals surface area (Å²) in [6.07, 6.45) is 3.83. The normalized spacial score (nSPS) is 18.7. The molecule has 2 aromatic rings. The number of nitrogens with one attached hydrogen (secondary N) is 1. The molecule has 1 aliphatic heterocycles. The van der Waals surface area contributed by atoms with Gasteiger partial charge < -0.3 is 10.1 Å². The van der Waals surface area contributed by atoms with E-state index in [1.165, 1.54) is 30.4 Å². The average molecular weight is 267 g/mol. The van der Waals surface area contributed by atoms with E-state index in [0.717, 1.165) is 12.3 Å². The molecule has 3 rings (SSSR count). The molecule has 2 nitrogen and oxygen atoms in total. The number of hydrogen-bond acceptors (Lipinski definition) is 2. The first-order valence-electron chi connectivity index (χ1n) is 7.42. The van der Waals surface area contributed by atoms with E-state index in [1.54, 1.807) is 0 Å². The quantitative estimate of drug-likeness (QED) is 0.901. The summed E-state index contributed by atoms with van der Waals surface area (Å²) < 4.78 is 5.90. The third-order valence-electron chi connectivity index (χ3n) is 3.82. The molecule has 1 N–H and O–H groups in total. The molecular weight excluding hydrogens is 246 g/mol. The SMILES string of the molecule is c1ccc(COc2cccc(C3CCCCN3)c2)cc1. The monoisotopic (exact) mass is 267 g/mol. The smallest absolute Gasteiger partial charge is 0.120 e. The van der Waals surface area contributed by atoms with E-state index in [-0.39, 0.29) is 0 Å². The minimum atomic E-state index is 0.490. The highest BCUT2D eigenvalue weighted by atomic mass is 16.5. The maximum Gasteiger partial charge on any atom is 0.120 e. The molecule has 1 unspecified atom stereocenters. The summed E-state index contributed by atoms with van der Waals surface area (Å²) in [6, 6.07) is 19.3. The van der Waals surface area contributed by atoms with E-state index in [9.17, 15) is 0 Å². The van der Waals surface area contributed by atoms with E-state index in [1.807, 2.05) is 24.3 Å². The highest BCUT2D eigenvalue weighted by molar-refractivity contribution is 5.31. The van der Waals surface area contributed by atoms with Gasteiger partial charge in [-0.1, -0.05) is 48.9 Å². The fourth-order valence-corrected chi connectivity index (χ4v) is 2.70. The van der Waals surface area contributed by atoms with Crippen LogP contribution < -0.4 is 10.1 Å². The second-order valence-electron chi connectivity index (χ2n) is 5.35. The molecule has 1 heterocycles. The van der Waals surface area contributed by atoms with Crippen LogP contribution in [-0.2, 0) is 6.61 Å². The van der Waals surface area contributed by atoms with Gasteiger partial charge in [-0.3, -0.25) is 0 Å². The number of piperidine rings is 1. The highest BCUT2D eigenvalue weighted by Crippen LogP contribution is 2.26. The Labute approximate surface area is 120 Å². The van der Waals surface area contributed by atoms with E-state index in [2.05, 4.69) is 35.6 Å². The Morgan fingerprint density at radius 3 is 2.70 bits per heavy atom. The van der Waals surface area contributed by atoms with Gasteiger partial charge in [-0.2, -0.15) is 0 Å². The van der Waals surface area contributed by atoms with Crippen molar-refractivity contribution in [2.24, 2.45) is 0 Å². The second-order valence-corrected chi connectivity index (χ2v) is 5.35. The number of benzene rings is 2. The second kappa shape index (κ2) is 6.58. The predicted octanol–water partition coefficient (Wildman–Crippen LogP) is 4.08. The van der Waals surface area contributed by atoms with Gasteiger partial charge in [0.1, 0.15) is 12.4 Å². The summed E-state index contributed by atoms with van der Waals surface area (Å²) in [5.74, 6) is 0.957. The Kier molecular flexibility index (Phi) is 4.34. The Morgan fingerprint density at radius 2 is 1.90 bits per heavy atom. The fourth-order valence-electron chi connectivity index (χ4n) is 2.70. The molecule has 0 spiro atoms. The van der Waals surface area contributed by atoms with Crippen LogP contribution in [0.25, 0.3) is 0 Å². The third-order valence-corrected chi connectivity index (χ3v) is 3.82. The van der Waals surface area contributed by atoms with Gasteiger partial charge in [0.2, 0.25) is 0 Å². The van der Waals surface area contributed by atoms with Crippen molar-refractivity contribution in [1.29, 1.82) is 0 Å². The van der Waals surface area contributed by atoms with Gasteiger partial charge in [0.25, 0.3) is 0 Å². The lowest BCUT2D eigenvalue weighted by Crippen LogP contribution is -2.26. The third kappa shape index (κ3) is 3.40. The minimum absolute atomic E-state index is 0.490. The molecule has 1 fully saturated rings. The van der Waals surface area contributed by atoms with Gasteiger partial charge in [0.15, 0.2) is 0 Å². The average Bonchev–Trinajstić information content (AvgIpc) is 2.55. The molecule has 1 saturated heterocycles. The Morgan fingerprint density at radius 1 is 1.00 bits per heavy atom. The summed E-state index contributed by atoms with van der Waals surface area (Å²) >= 11 is 0. The molecule has 0 bridgehead atoms. The number of rotatable bonds is 4. The van der Waals surface area contributed by atoms with Crippen molar-refractivity contribution >= 4 is 0 Å². The molecule has 104 valence electrons. The number of ether oxygens (including phenoxy) is 1. The van der Waals surface area contributed by atoms with Crippen LogP contribution in [0.15, 0.2) is 54.6 Å². The van der Waals surface area contributed by atoms with Crippen molar-refractivity contribution in [1.82, 2.24) is 5.32 Å². The lowest BCUT2D eigenvalue weighted by Gasteiger charge is -2.24. The molecule has 2 heteroatoms. The van der Waals surface area contributed by atoms with E-state index in [0.29, 0.717) is 12.6 Å². The Hall–Kier alpha value is -1.80. The summed E-state index contributed by atoms with van der Waals surface area (Å²) in [5.41, 5.74) is 2.55. The van der Waals surface area contributed by atoms with E-state index < -0.39 is 0 Å². The molecule has 1 atom stereocenters. The summed E-state index contributed by atoms with van der Waals surface area (Å²) in [4.78, 5) is 0. The first-order chi connectivity index (χ1) is 9.92. The Bertz CT molecular complexity index is 532. The topological polar surface area (TPSA) is 21.3 Å². The molecule has 0 amide bonds. The lowest BCUT2D eigenvalue weighted by atomic mass is 9.97. The van der Waals surface area contributed by atoms with Gasteiger partial charge in [-0.15, -0.1) is 0 Å². The molecule has 1 aliphatic rings. The van der Waals surface area contributed by atoms with Crippen LogP contribution in [0.3, 0.4) is 0 Å². The van der Waals surface area contributed by atoms with Crippen LogP contribution in [0.2, 0.25) is 0 Å². The molecule has 0 aliphatic carbocycles. The van der Waals surface area contributed by atoms with Crippen molar-refractivity contribution in [2.75, 3.05) is 6.54 Å². The van der Waals surface area contributed by atoms with Gasteiger partial charge in [-0.05, 0) is 42.6 Å². The fraction of sp³-hybridized carbons (Fsp3) is 0.333. The summed E-state index contributed by atoms with van der Waals surface area (Å²) in [6.45, 7) is 1.75.